The summed E-state index contributed by atoms with van der Waals surface area (Å²) in [6.45, 7) is 2.68. The van der Waals surface area contributed by atoms with Crippen molar-refractivity contribution in [3.05, 3.63) is 27.7 Å². The summed E-state index contributed by atoms with van der Waals surface area (Å²) in [4.78, 5) is 12.1. The summed E-state index contributed by atoms with van der Waals surface area (Å²) in [5.41, 5.74) is 1.54. The Labute approximate surface area is 110 Å². The third kappa shape index (κ3) is 2.80. The van der Waals surface area contributed by atoms with E-state index in [4.69, 9.17) is 4.74 Å². The Bertz CT molecular complexity index is 441. The summed E-state index contributed by atoms with van der Waals surface area (Å²) in [5.74, 6) is 1.40. The third-order valence-electron chi connectivity index (χ3n) is 3.06. The number of hydrogen-bond donors (Lipinski definition) is 1. The summed E-state index contributed by atoms with van der Waals surface area (Å²) in [7, 11) is 1.61. The zero-order valence-electron chi connectivity index (χ0n) is 10.0. The standard InChI is InChI=1S/C13H16BrNO2/c1-8-11(17-2)6-5-10(14)12(8)13(16)15-7-9-3-4-9/h5-6,9H,3-4,7H2,1-2H3,(H,15,16). The Balaban J connectivity index is 2.19. The van der Waals surface area contributed by atoms with E-state index < -0.39 is 0 Å². The molecular formula is C13H16BrNO2. The van der Waals surface area contributed by atoms with Crippen molar-refractivity contribution in [3.8, 4) is 5.75 Å². The Hall–Kier alpha value is -1.03. The number of benzene rings is 1. The molecule has 1 N–H and O–H groups in total. The molecule has 0 unspecified atom stereocenters. The number of carbonyl (C=O) groups is 1. The van der Waals surface area contributed by atoms with Gasteiger partial charge in [-0.05, 0) is 53.7 Å². The van der Waals surface area contributed by atoms with Crippen LogP contribution in [0.4, 0.5) is 0 Å². The molecule has 1 fully saturated rings. The first-order valence-electron chi connectivity index (χ1n) is 5.74. The van der Waals surface area contributed by atoms with Crippen LogP contribution in [0.5, 0.6) is 5.75 Å². The highest BCUT2D eigenvalue weighted by Crippen LogP contribution is 2.30. The van der Waals surface area contributed by atoms with Gasteiger partial charge in [0, 0.05) is 16.6 Å². The highest BCUT2D eigenvalue weighted by molar-refractivity contribution is 9.10. The first kappa shape index (κ1) is 12.4. The van der Waals surface area contributed by atoms with Gasteiger partial charge in [-0.25, -0.2) is 0 Å². The van der Waals surface area contributed by atoms with Gasteiger partial charge in [-0.2, -0.15) is 0 Å². The molecule has 0 spiro atoms. The topological polar surface area (TPSA) is 38.3 Å². The van der Waals surface area contributed by atoms with Crippen LogP contribution in [0.1, 0.15) is 28.8 Å². The summed E-state index contributed by atoms with van der Waals surface area (Å²) in [5, 5.41) is 2.97. The van der Waals surface area contributed by atoms with Crippen LogP contribution in [0, 0.1) is 12.8 Å². The fraction of sp³-hybridized carbons (Fsp3) is 0.462. The Morgan fingerprint density at radius 1 is 1.53 bits per heavy atom. The second kappa shape index (κ2) is 5.08. The first-order chi connectivity index (χ1) is 8.13. The van der Waals surface area contributed by atoms with Crippen molar-refractivity contribution in [2.75, 3.05) is 13.7 Å². The lowest BCUT2D eigenvalue weighted by Crippen LogP contribution is -2.26. The Kier molecular flexibility index (Phi) is 3.72. The Morgan fingerprint density at radius 2 is 2.24 bits per heavy atom. The van der Waals surface area contributed by atoms with Crippen molar-refractivity contribution >= 4 is 21.8 Å². The molecule has 1 amide bonds. The number of ether oxygens (including phenoxy) is 1. The molecule has 1 aliphatic carbocycles. The minimum absolute atomic E-state index is 0.0276. The number of halogens is 1. The summed E-state index contributed by atoms with van der Waals surface area (Å²) < 4.78 is 6.04. The monoisotopic (exact) mass is 297 g/mol. The molecular weight excluding hydrogens is 282 g/mol. The molecule has 3 nitrogen and oxygen atoms in total. The van der Waals surface area contributed by atoms with E-state index in [0.29, 0.717) is 11.5 Å². The number of methoxy groups -OCH3 is 1. The van der Waals surface area contributed by atoms with Gasteiger partial charge in [0.05, 0.1) is 12.7 Å². The minimum atomic E-state index is -0.0276. The molecule has 0 heterocycles. The maximum atomic E-state index is 12.1. The van der Waals surface area contributed by atoms with Crippen molar-refractivity contribution in [2.45, 2.75) is 19.8 Å². The van der Waals surface area contributed by atoms with Crippen LogP contribution in [-0.4, -0.2) is 19.6 Å². The van der Waals surface area contributed by atoms with E-state index in [9.17, 15) is 4.79 Å². The van der Waals surface area contributed by atoms with Crippen LogP contribution in [0.3, 0.4) is 0 Å². The number of amides is 1. The quantitative estimate of drug-likeness (QED) is 0.928. The van der Waals surface area contributed by atoms with Crippen molar-refractivity contribution in [2.24, 2.45) is 5.92 Å². The van der Waals surface area contributed by atoms with Gasteiger partial charge in [0.1, 0.15) is 5.75 Å². The van der Waals surface area contributed by atoms with Crippen LogP contribution < -0.4 is 10.1 Å². The van der Waals surface area contributed by atoms with Gasteiger partial charge in [0.25, 0.3) is 5.91 Å². The van der Waals surface area contributed by atoms with E-state index in [2.05, 4.69) is 21.2 Å². The fourth-order valence-electron chi connectivity index (χ4n) is 1.81. The number of hydrogen-bond acceptors (Lipinski definition) is 2. The molecule has 1 aromatic carbocycles. The highest BCUT2D eigenvalue weighted by Gasteiger charge is 2.23. The molecule has 0 saturated heterocycles. The normalized spacial score (nSPS) is 14.5. The predicted octanol–water partition coefficient (Wildman–Crippen LogP) is 2.91. The van der Waals surface area contributed by atoms with Crippen molar-refractivity contribution in [1.29, 1.82) is 0 Å². The summed E-state index contributed by atoms with van der Waals surface area (Å²) in [6.07, 6.45) is 2.47. The van der Waals surface area contributed by atoms with E-state index in [1.165, 1.54) is 12.8 Å². The van der Waals surface area contributed by atoms with Crippen LogP contribution >= 0.6 is 15.9 Å². The molecule has 0 aliphatic heterocycles. The van der Waals surface area contributed by atoms with Gasteiger partial charge in [0.2, 0.25) is 0 Å². The summed E-state index contributed by atoms with van der Waals surface area (Å²) in [6, 6.07) is 3.70. The van der Waals surface area contributed by atoms with E-state index in [1.54, 1.807) is 7.11 Å². The lowest BCUT2D eigenvalue weighted by Gasteiger charge is -2.12. The van der Waals surface area contributed by atoms with Crippen LogP contribution in [0.2, 0.25) is 0 Å². The van der Waals surface area contributed by atoms with Crippen molar-refractivity contribution < 1.29 is 9.53 Å². The van der Waals surface area contributed by atoms with E-state index >= 15 is 0 Å². The van der Waals surface area contributed by atoms with Gasteiger partial charge < -0.3 is 10.1 Å². The van der Waals surface area contributed by atoms with Crippen LogP contribution in [-0.2, 0) is 0 Å². The van der Waals surface area contributed by atoms with E-state index in [-0.39, 0.29) is 5.91 Å². The second-order valence-corrected chi connectivity index (χ2v) is 5.26. The molecule has 0 aromatic heterocycles. The maximum absolute atomic E-state index is 12.1. The molecule has 92 valence electrons. The van der Waals surface area contributed by atoms with Gasteiger partial charge in [-0.15, -0.1) is 0 Å². The average molecular weight is 298 g/mol. The largest absolute Gasteiger partial charge is 0.496 e. The molecule has 1 saturated carbocycles. The van der Waals surface area contributed by atoms with Gasteiger partial charge >= 0.3 is 0 Å². The van der Waals surface area contributed by atoms with Crippen molar-refractivity contribution in [3.63, 3.8) is 0 Å². The lowest BCUT2D eigenvalue weighted by atomic mass is 10.1. The number of carbonyl (C=O) groups excluding carboxylic acids is 1. The maximum Gasteiger partial charge on any atom is 0.252 e. The molecule has 2 rings (SSSR count). The molecule has 4 heteroatoms. The Morgan fingerprint density at radius 3 is 2.82 bits per heavy atom. The van der Waals surface area contributed by atoms with Gasteiger partial charge in [0.15, 0.2) is 0 Å². The van der Waals surface area contributed by atoms with Crippen LogP contribution in [0.15, 0.2) is 16.6 Å². The number of nitrogens with one attached hydrogen (secondary N) is 1. The molecule has 1 aromatic rings. The van der Waals surface area contributed by atoms with Crippen molar-refractivity contribution in [1.82, 2.24) is 5.32 Å². The van der Waals surface area contributed by atoms with E-state index in [1.807, 2.05) is 19.1 Å². The first-order valence-corrected chi connectivity index (χ1v) is 6.54. The second-order valence-electron chi connectivity index (χ2n) is 4.40. The molecule has 1 aliphatic rings. The highest BCUT2D eigenvalue weighted by atomic mass is 79.9. The molecule has 0 atom stereocenters. The van der Waals surface area contributed by atoms with E-state index in [0.717, 1.165) is 22.3 Å². The zero-order chi connectivity index (χ0) is 12.4. The molecule has 0 radical (unpaired) electrons. The SMILES string of the molecule is COc1ccc(Br)c(C(=O)NCC2CC2)c1C. The fourth-order valence-corrected chi connectivity index (χ4v) is 2.42. The molecule has 0 bridgehead atoms. The smallest absolute Gasteiger partial charge is 0.252 e. The lowest BCUT2D eigenvalue weighted by molar-refractivity contribution is 0.0950. The van der Waals surface area contributed by atoms with Gasteiger partial charge in [-0.3, -0.25) is 4.79 Å². The average Bonchev–Trinajstić information content (AvgIpc) is 3.10. The summed E-state index contributed by atoms with van der Waals surface area (Å²) >= 11 is 3.42. The predicted molar refractivity (Wildman–Crippen MR) is 70.5 cm³/mol. The minimum Gasteiger partial charge on any atom is -0.496 e. The molecule has 17 heavy (non-hydrogen) atoms. The zero-order valence-corrected chi connectivity index (χ0v) is 11.6. The van der Waals surface area contributed by atoms with Gasteiger partial charge in [-0.1, -0.05) is 0 Å². The number of rotatable bonds is 4. The van der Waals surface area contributed by atoms with Crippen LogP contribution in [0.25, 0.3) is 0 Å². The third-order valence-corrected chi connectivity index (χ3v) is 3.72.